The molecule has 1 saturated carbocycles. The van der Waals surface area contributed by atoms with E-state index in [-0.39, 0.29) is 16.7 Å². The minimum Gasteiger partial charge on any atom is -0.375 e. The molecule has 21 heavy (non-hydrogen) atoms. The van der Waals surface area contributed by atoms with Crippen LogP contribution in [0.15, 0.2) is 17.3 Å². The molecular weight excluding hydrogens is 290 g/mol. The molecule has 0 aromatic carbocycles. The highest BCUT2D eigenvalue weighted by atomic mass is 32.2. The van der Waals surface area contributed by atoms with Crippen LogP contribution in [0.1, 0.15) is 44.9 Å². The normalized spacial score (nSPS) is 26.0. The number of ether oxygens (including phenoxy) is 1. The van der Waals surface area contributed by atoms with Crippen LogP contribution in [0.25, 0.3) is 0 Å². The summed E-state index contributed by atoms with van der Waals surface area (Å²) in [5, 5.41) is 4.15. The monoisotopic (exact) mass is 313 g/mol. The van der Waals surface area contributed by atoms with E-state index in [4.69, 9.17) is 4.74 Å². The molecule has 2 fully saturated rings. The van der Waals surface area contributed by atoms with Crippen molar-refractivity contribution >= 4 is 10.0 Å². The number of aromatic nitrogens is 2. The fourth-order valence-corrected chi connectivity index (χ4v) is 4.97. The zero-order valence-electron chi connectivity index (χ0n) is 12.4. The van der Waals surface area contributed by atoms with E-state index < -0.39 is 10.0 Å². The zero-order chi connectivity index (χ0) is 14.9. The zero-order valence-corrected chi connectivity index (χ0v) is 13.2. The largest absolute Gasteiger partial charge is 0.375 e. The summed E-state index contributed by atoms with van der Waals surface area (Å²) < 4.78 is 35.1. The van der Waals surface area contributed by atoms with Crippen molar-refractivity contribution in [1.29, 1.82) is 0 Å². The van der Waals surface area contributed by atoms with Gasteiger partial charge in [0.1, 0.15) is 0 Å². The fraction of sp³-hybridized carbons (Fsp3) is 0.786. The van der Waals surface area contributed by atoms with Gasteiger partial charge in [0, 0.05) is 19.7 Å². The summed E-state index contributed by atoms with van der Waals surface area (Å²) in [5.74, 6) is 0. The van der Waals surface area contributed by atoms with Crippen molar-refractivity contribution in [2.24, 2.45) is 7.05 Å². The molecule has 1 aromatic heterocycles. The van der Waals surface area contributed by atoms with Gasteiger partial charge in [-0.3, -0.25) is 4.68 Å². The molecule has 3 rings (SSSR count). The third-order valence-electron chi connectivity index (χ3n) is 4.63. The highest BCUT2D eigenvalue weighted by molar-refractivity contribution is 7.89. The first kappa shape index (κ1) is 15.0. The van der Waals surface area contributed by atoms with Gasteiger partial charge >= 0.3 is 0 Å². The number of nitrogens with zero attached hydrogens (tertiary/aromatic N) is 2. The van der Waals surface area contributed by atoms with Gasteiger partial charge in [-0.15, -0.1) is 0 Å². The second kappa shape index (κ2) is 5.70. The number of sulfonamides is 1. The number of hydrogen-bond acceptors (Lipinski definition) is 4. The maximum absolute atomic E-state index is 12.4. The van der Waals surface area contributed by atoms with Gasteiger partial charge in [0.05, 0.1) is 11.8 Å². The average Bonchev–Trinajstić information content (AvgIpc) is 2.86. The van der Waals surface area contributed by atoms with Crippen LogP contribution in [0.3, 0.4) is 0 Å². The minimum atomic E-state index is -3.51. The van der Waals surface area contributed by atoms with Crippen LogP contribution in [0.2, 0.25) is 0 Å². The summed E-state index contributed by atoms with van der Waals surface area (Å²) in [7, 11) is -1.87. The Morgan fingerprint density at radius 2 is 2.14 bits per heavy atom. The van der Waals surface area contributed by atoms with Crippen LogP contribution in [0.4, 0.5) is 0 Å². The Labute approximate surface area is 125 Å². The molecule has 1 aliphatic carbocycles. The van der Waals surface area contributed by atoms with Crippen molar-refractivity contribution in [3.05, 3.63) is 12.3 Å². The molecule has 118 valence electrons. The molecule has 0 amide bonds. The molecule has 1 N–H and O–H groups in total. The lowest BCUT2D eigenvalue weighted by Gasteiger charge is -2.43. The molecule has 1 saturated heterocycles. The maximum Gasteiger partial charge on any atom is 0.257 e. The Kier molecular flexibility index (Phi) is 4.07. The van der Waals surface area contributed by atoms with Gasteiger partial charge in [0.15, 0.2) is 5.03 Å². The van der Waals surface area contributed by atoms with Crippen LogP contribution in [-0.2, 0) is 21.8 Å². The third kappa shape index (κ3) is 3.14. The summed E-state index contributed by atoms with van der Waals surface area (Å²) in [4.78, 5) is 0. The summed E-state index contributed by atoms with van der Waals surface area (Å²) in [6.45, 7) is 0.637. The number of hydrogen-bond donors (Lipinski definition) is 1. The van der Waals surface area contributed by atoms with E-state index >= 15 is 0 Å². The smallest absolute Gasteiger partial charge is 0.257 e. The number of rotatable bonds is 3. The summed E-state index contributed by atoms with van der Waals surface area (Å²) in [6.07, 6.45) is 8.75. The van der Waals surface area contributed by atoms with E-state index in [1.807, 2.05) is 0 Å². The second-order valence-corrected chi connectivity index (χ2v) is 7.86. The van der Waals surface area contributed by atoms with Crippen molar-refractivity contribution in [1.82, 2.24) is 14.5 Å². The standard InChI is InChI=1S/C14H23N3O3S/c1-17-13(5-9-15-17)21(18,19)16-12-6-10-20-14(11-12)7-3-2-4-8-14/h5,9,12,16H,2-4,6-8,10-11H2,1H3. The van der Waals surface area contributed by atoms with Gasteiger partial charge in [0.25, 0.3) is 10.0 Å². The van der Waals surface area contributed by atoms with Crippen LogP contribution in [0, 0.1) is 0 Å². The van der Waals surface area contributed by atoms with E-state index in [1.165, 1.54) is 36.2 Å². The summed E-state index contributed by atoms with van der Waals surface area (Å²) in [6, 6.07) is 1.48. The molecule has 7 heteroatoms. The molecule has 0 radical (unpaired) electrons. The second-order valence-electron chi connectivity index (χ2n) is 6.20. The van der Waals surface area contributed by atoms with Crippen LogP contribution >= 0.6 is 0 Å². The topological polar surface area (TPSA) is 73.2 Å². The molecule has 6 nitrogen and oxygen atoms in total. The lowest BCUT2D eigenvalue weighted by Crippen LogP contribution is -2.49. The van der Waals surface area contributed by atoms with E-state index in [9.17, 15) is 8.42 Å². The predicted molar refractivity (Wildman–Crippen MR) is 78.3 cm³/mol. The van der Waals surface area contributed by atoms with Gasteiger partial charge in [-0.25, -0.2) is 13.1 Å². The Morgan fingerprint density at radius 3 is 2.81 bits per heavy atom. The molecule has 2 aliphatic rings. The Bertz CT molecular complexity index is 585. The first-order chi connectivity index (χ1) is 10.0. The molecule has 1 atom stereocenters. The van der Waals surface area contributed by atoms with Gasteiger partial charge in [-0.1, -0.05) is 19.3 Å². The Balaban J connectivity index is 1.71. The first-order valence-electron chi connectivity index (χ1n) is 7.65. The lowest BCUT2D eigenvalue weighted by atomic mass is 9.78. The quantitative estimate of drug-likeness (QED) is 0.919. The SMILES string of the molecule is Cn1nccc1S(=O)(=O)NC1CCOC2(CCCCC2)C1. The van der Waals surface area contributed by atoms with Crippen molar-refractivity contribution in [2.45, 2.75) is 61.6 Å². The van der Waals surface area contributed by atoms with Gasteiger partial charge in [-0.2, -0.15) is 5.10 Å². The minimum absolute atomic E-state index is 0.0447. The molecule has 1 aliphatic heterocycles. The maximum atomic E-state index is 12.4. The highest BCUT2D eigenvalue weighted by Crippen LogP contribution is 2.38. The fourth-order valence-electron chi connectivity index (χ4n) is 3.58. The summed E-state index contributed by atoms with van der Waals surface area (Å²) in [5.41, 5.74) is -0.101. The Morgan fingerprint density at radius 1 is 1.38 bits per heavy atom. The van der Waals surface area contributed by atoms with Crippen molar-refractivity contribution in [2.75, 3.05) is 6.61 Å². The highest BCUT2D eigenvalue weighted by Gasteiger charge is 2.39. The van der Waals surface area contributed by atoms with Crippen LogP contribution in [0.5, 0.6) is 0 Å². The molecule has 0 bridgehead atoms. The van der Waals surface area contributed by atoms with Crippen LogP contribution < -0.4 is 4.72 Å². The van der Waals surface area contributed by atoms with Crippen molar-refractivity contribution in [3.63, 3.8) is 0 Å². The van der Waals surface area contributed by atoms with Crippen molar-refractivity contribution in [3.8, 4) is 0 Å². The van der Waals surface area contributed by atoms with E-state index in [1.54, 1.807) is 7.05 Å². The summed E-state index contributed by atoms with van der Waals surface area (Å²) >= 11 is 0. The molecule has 1 unspecified atom stereocenters. The molecule has 1 spiro atoms. The van der Waals surface area contributed by atoms with Crippen LogP contribution in [-0.4, -0.2) is 36.4 Å². The Hall–Kier alpha value is -0.920. The van der Waals surface area contributed by atoms with E-state index in [2.05, 4.69) is 9.82 Å². The predicted octanol–water partition coefficient (Wildman–Crippen LogP) is 1.58. The van der Waals surface area contributed by atoms with Gasteiger partial charge in [-0.05, 0) is 31.7 Å². The van der Waals surface area contributed by atoms with E-state index in [0.29, 0.717) is 6.61 Å². The molecule has 2 heterocycles. The number of nitrogens with one attached hydrogen (secondary N) is 1. The van der Waals surface area contributed by atoms with E-state index in [0.717, 1.165) is 25.7 Å². The van der Waals surface area contributed by atoms with Crippen molar-refractivity contribution < 1.29 is 13.2 Å². The lowest BCUT2D eigenvalue weighted by molar-refractivity contribution is -0.106. The van der Waals surface area contributed by atoms with Gasteiger partial charge in [0.2, 0.25) is 0 Å². The molecule has 1 aromatic rings. The first-order valence-corrected chi connectivity index (χ1v) is 9.13. The number of aryl methyl sites for hydroxylation is 1. The third-order valence-corrected chi connectivity index (χ3v) is 6.23. The average molecular weight is 313 g/mol. The molecular formula is C14H23N3O3S. The van der Waals surface area contributed by atoms with Gasteiger partial charge < -0.3 is 4.74 Å².